The summed E-state index contributed by atoms with van der Waals surface area (Å²) in [6.45, 7) is 5.97. The van der Waals surface area contributed by atoms with Gasteiger partial charge >= 0.3 is 0 Å². The van der Waals surface area contributed by atoms with Crippen LogP contribution in [0.15, 0.2) is 28.7 Å². The van der Waals surface area contributed by atoms with Crippen molar-refractivity contribution in [2.45, 2.75) is 44.7 Å². The zero-order chi connectivity index (χ0) is 22.0. The molecule has 0 aromatic heterocycles. The summed E-state index contributed by atoms with van der Waals surface area (Å²) in [6.07, 6.45) is 3.60. The number of amides is 3. The summed E-state index contributed by atoms with van der Waals surface area (Å²) in [5.74, 6) is 0.317. The van der Waals surface area contributed by atoms with E-state index in [1.165, 1.54) is 0 Å². The molecule has 0 bridgehead atoms. The first-order chi connectivity index (χ1) is 14.9. The van der Waals surface area contributed by atoms with E-state index < -0.39 is 0 Å². The van der Waals surface area contributed by atoms with E-state index in [0.717, 1.165) is 30.4 Å². The highest BCUT2D eigenvalue weighted by molar-refractivity contribution is 9.10. The standard InChI is InChI=1S/C23H31BrN4O3/c1-16(21(29)25-20-6-7-20)26-12-14-28(15-13-26)23(31)18-8-10-27(11-9-18)22(30)17-2-4-19(24)5-3-17/h2-5,16,18,20H,6-15H2,1H3,(H,25,29). The fourth-order valence-corrected chi connectivity index (χ4v) is 4.67. The van der Waals surface area contributed by atoms with Crippen LogP contribution in [0.4, 0.5) is 0 Å². The highest BCUT2D eigenvalue weighted by atomic mass is 79.9. The molecule has 0 spiro atoms. The van der Waals surface area contributed by atoms with Crippen molar-refractivity contribution in [2.24, 2.45) is 5.92 Å². The van der Waals surface area contributed by atoms with Crippen molar-refractivity contribution in [3.05, 3.63) is 34.3 Å². The van der Waals surface area contributed by atoms with Crippen molar-refractivity contribution in [1.29, 1.82) is 0 Å². The first-order valence-corrected chi connectivity index (χ1v) is 12.1. The van der Waals surface area contributed by atoms with E-state index >= 15 is 0 Å². The second kappa shape index (κ2) is 9.69. The number of hydrogen-bond donors (Lipinski definition) is 1. The van der Waals surface area contributed by atoms with Crippen molar-refractivity contribution in [3.8, 4) is 0 Å². The predicted octanol–water partition coefficient (Wildman–Crippen LogP) is 2.11. The summed E-state index contributed by atoms with van der Waals surface area (Å²) >= 11 is 3.39. The Morgan fingerprint density at radius 2 is 1.52 bits per heavy atom. The zero-order valence-corrected chi connectivity index (χ0v) is 19.6. The normalized spacial score (nSPS) is 21.6. The molecule has 1 atom stereocenters. The minimum Gasteiger partial charge on any atom is -0.352 e. The summed E-state index contributed by atoms with van der Waals surface area (Å²) < 4.78 is 0.950. The van der Waals surface area contributed by atoms with Gasteiger partial charge in [0.25, 0.3) is 5.91 Å². The number of piperazine rings is 1. The Hall–Kier alpha value is -1.93. The van der Waals surface area contributed by atoms with E-state index in [2.05, 4.69) is 26.1 Å². The van der Waals surface area contributed by atoms with E-state index in [4.69, 9.17) is 0 Å². The molecule has 2 aliphatic heterocycles. The molecule has 1 unspecified atom stereocenters. The second-order valence-corrected chi connectivity index (χ2v) is 9.81. The molecule has 3 amide bonds. The van der Waals surface area contributed by atoms with Crippen LogP contribution in [-0.4, -0.2) is 83.8 Å². The van der Waals surface area contributed by atoms with Gasteiger partial charge in [0.2, 0.25) is 11.8 Å². The number of halogens is 1. The van der Waals surface area contributed by atoms with Gasteiger partial charge in [0.15, 0.2) is 0 Å². The lowest BCUT2D eigenvalue weighted by atomic mass is 9.94. The highest BCUT2D eigenvalue weighted by Gasteiger charge is 2.34. The number of hydrogen-bond acceptors (Lipinski definition) is 4. The van der Waals surface area contributed by atoms with Crippen LogP contribution in [-0.2, 0) is 9.59 Å². The monoisotopic (exact) mass is 490 g/mol. The molecule has 4 rings (SSSR count). The third kappa shape index (κ3) is 5.47. The Morgan fingerprint density at radius 3 is 2.10 bits per heavy atom. The van der Waals surface area contributed by atoms with Crippen LogP contribution in [0.5, 0.6) is 0 Å². The van der Waals surface area contributed by atoms with Crippen LogP contribution in [0.2, 0.25) is 0 Å². The number of likely N-dealkylation sites (tertiary alicyclic amines) is 1. The van der Waals surface area contributed by atoms with Crippen molar-refractivity contribution >= 4 is 33.7 Å². The van der Waals surface area contributed by atoms with Crippen LogP contribution in [0.1, 0.15) is 43.0 Å². The molecular weight excluding hydrogens is 460 g/mol. The molecule has 3 fully saturated rings. The van der Waals surface area contributed by atoms with Gasteiger partial charge in [-0.3, -0.25) is 19.3 Å². The second-order valence-electron chi connectivity index (χ2n) is 8.89. The lowest BCUT2D eigenvalue weighted by Gasteiger charge is -2.40. The Morgan fingerprint density at radius 1 is 0.903 bits per heavy atom. The molecule has 8 heteroatoms. The quantitative estimate of drug-likeness (QED) is 0.685. The predicted molar refractivity (Wildman–Crippen MR) is 122 cm³/mol. The molecule has 1 saturated carbocycles. The first-order valence-electron chi connectivity index (χ1n) is 11.3. The van der Waals surface area contributed by atoms with Gasteiger partial charge in [0.05, 0.1) is 6.04 Å². The number of nitrogens with zero attached hydrogens (tertiary/aromatic N) is 3. The first kappa shape index (κ1) is 22.3. The lowest BCUT2D eigenvalue weighted by molar-refractivity contribution is -0.139. The number of piperidine rings is 1. The maximum atomic E-state index is 13.0. The summed E-state index contributed by atoms with van der Waals surface area (Å²) in [5.41, 5.74) is 0.684. The topological polar surface area (TPSA) is 73.0 Å². The molecule has 1 aliphatic carbocycles. The fourth-order valence-electron chi connectivity index (χ4n) is 4.41. The lowest BCUT2D eigenvalue weighted by Crippen LogP contribution is -2.56. The van der Waals surface area contributed by atoms with Crippen molar-refractivity contribution in [2.75, 3.05) is 39.3 Å². The van der Waals surface area contributed by atoms with E-state index in [1.807, 2.05) is 41.0 Å². The number of carbonyl (C=O) groups excluding carboxylic acids is 3. The molecule has 7 nitrogen and oxygen atoms in total. The number of benzene rings is 1. The van der Waals surface area contributed by atoms with Gasteiger partial charge in [-0.1, -0.05) is 15.9 Å². The van der Waals surface area contributed by atoms with Gasteiger partial charge in [-0.25, -0.2) is 0 Å². The van der Waals surface area contributed by atoms with Crippen molar-refractivity contribution in [3.63, 3.8) is 0 Å². The average Bonchev–Trinajstić information content (AvgIpc) is 3.62. The van der Waals surface area contributed by atoms with Gasteiger partial charge < -0.3 is 15.1 Å². The Bertz CT molecular complexity index is 811. The largest absolute Gasteiger partial charge is 0.352 e. The Balaban J connectivity index is 1.22. The third-order valence-electron chi connectivity index (χ3n) is 6.70. The summed E-state index contributed by atoms with van der Waals surface area (Å²) in [5, 5.41) is 3.07. The maximum absolute atomic E-state index is 13.0. The minimum atomic E-state index is -0.147. The highest BCUT2D eigenvalue weighted by Crippen LogP contribution is 2.23. The van der Waals surface area contributed by atoms with Crippen LogP contribution in [0.3, 0.4) is 0 Å². The molecule has 168 valence electrons. The molecule has 2 heterocycles. The zero-order valence-electron chi connectivity index (χ0n) is 18.1. The van der Waals surface area contributed by atoms with Crippen molar-refractivity contribution < 1.29 is 14.4 Å². The van der Waals surface area contributed by atoms with Gasteiger partial charge in [0.1, 0.15) is 0 Å². The van der Waals surface area contributed by atoms with E-state index in [1.54, 1.807) is 0 Å². The Kier molecular flexibility index (Phi) is 6.96. The van der Waals surface area contributed by atoms with E-state index in [9.17, 15) is 14.4 Å². The van der Waals surface area contributed by atoms with Crippen LogP contribution >= 0.6 is 15.9 Å². The molecule has 1 aromatic rings. The van der Waals surface area contributed by atoms with Crippen molar-refractivity contribution in [1.82, 2.24) is 20.0 Å². The number of carbonyl (C=O) groups is 3. The Labute approximate surface area is 192 Å². The molecule has 1 N–H and O–H groups in total. The number of nitrogens with one attached hydrogen (secondary N) is 1. The minimum absolute atomic E-state index is 0.0175. The van der Waals surface area contributed by atoms with E-state index in [0.29, 0.717) is 50.6 Å². The smallest absolute Gasteiger partial charge is 0.253 e. The van der Waals surface area contributed by atoms with Gasteiger partial charge in [-0.2, -0.15) is 0 Å². The van der Waals surface area contributed by atoms with Crippen LogP contribution < -0.4 is 5.32 Å². The SMILES string of the molecule is CC(C(=O)NC1CC1)N1CCN(C(=O)C2CCN(C(=O)c3ccc(Br)cc3)CC2)CC1. The number of rotatable bonds is 5. The average molecular weight is 491 g/mol. The van der Waals surface area contributed by atoms with E-state index in [-0.39, 0.29) is 29.7 Å². The molecule has 2 saturated heterocycles. The van der Waals surface area contributed by atoms with Gasteiger partial charge in [-0.05, 0) is 56.9 Å². The van der Waals surface area contributed by atoms with Gasteiger partial charge in [0, 0.05) is 61.3 Å². The molecule has 3 aliphatic rings. The fraction of sp³-hybridized carbons (Fsp3) is 0.609. The summed E-state index contributed by atoms with van der Waals surface area (Å²) in [7, 11) is 0. The molecular formula is C23H31BrN4O3. The summed E-state index contributed by atoms with van der Waals surface area (Å²) in [6, 6.07) is 7.63. The van der Waals surface area contributed by atoms with Crippen LogP contribution in [0.25, 0.3) is 0 Å². The molecule has 31 heavy (non-hydrogen) atoms. The molecule has 0 radical (unpaired) electrons. The van der Waals surface area contributed by atoms with Gasteiger partial charge in [-0.15, -0.1) is 0 Å². The van der Waals surface area contributed by atoms with Crippen LogP contribution in [0, 0.1) is 5.92 Å². The third-order valence-corrected chi connectivity index (χ3v) is 7.23. The summed E-state index contributed by atoms with van der Waals surface area (Å²) in [4.78, 5) is 44.0. The maximum Gasteiger partial charge on any atom is 0.253 e. The molecule has 1 aromatic carbocycles.